The number of thiophene rings is 1. The van der Waals surface area contributed by atoms with E-state index in [2.05, 4.69) is 105 Å². The van der Waals surface area contributed by atoms with Crippen LogP contribution in [0.4, 0.5) is 10.7 Å². The standard InChI is InChI=1S/C25H29N2S/c1-6-27(7-2)23-17-14-19(28-23)13-16-22-25(3,4)24-20-11-9-8-10-18(20)12-15-21(24)26(22)5/h8-17H,6-7H2,1-5H3/q+1. The lowest BCUT2D eigenvalue weighted by atomic mass is 9.79. The molecular formula is C25H29N2S+. The van der Waals surface area contributed by atoms with E-state index in [4.69, 9.17) is 0 Å². The van der Waals surface area contributed by atoms with E-state index in [-0.39, 0.29) is 5.41 Å². The van der Waals surface area contributed by atoms with E-state index in [1.165, 1.54) is 37.6 Å². The summed E-state index contributed by atoms with van der Waals surface area (Å²) in [7, 11) is 2.19. The number of nitrogens with zero attached hydrogens (tertiary/aromatic N) is 2. The van der Waals surface area contributed by atoms with Crippen molar-refractivity contribution in [2.75, 3.05) is 25.0 Å². The van der Waals surface area contributed by atoms with Crippen LogP contribution in [0.2, 0.25) is 0 Å². The van der Waals surface area contributed by atoms with E-state index < -0.39 is 0 Å². The highest BCUT2D eigenvalue weighted by atomic mass is 32.1. The lowest BCUT2D eigenvalue weighted by Crippen LogP contribution is -2.26. The maximum Gasteiger partial charge on any atom is 0.210 e. The van der Waals surface area contributed by atoms with Gasteiger partial charge in [0.05, 0.1) is 10.4 Å². The zero-order valence-corrected chi connectivity index (χ0v) is 18.3. The van der Waals surface area contributed by atoms with Gasteiger partial charge in [0, 0.05) is 35.7 Å². The predicted octanol–water partition coefficient (Wildman–Crippen LogP) is 6.47. The average molecular weight is 390 g/mol. The number of hydrogen-bond donors (Lipinski definition) is 0. The van der Waals surface area contributed by atoms with Crippen molar-refractivity contribution >= 4 is 44.6 Å². The molecule has 0 amide bonds. The molecule has 4 rings (SSSR count). The van der Waals surface area contributed by atoms with Crippen LogP contribution in [0, 0.1) is 0 Å². The summed E-state index contributed by atoms with van der Waals surface area (Å²) >= 11 is 1.87. The van der Waals surface area contributed by atoms with E-state index in [9.17, 15) is 0 Å². The molecule has 0 fully saturated rings. The fourth-order valence-corrected chi connectivity index (χ4v) is 5.53. The molecule has 0 saturated heterocycles. The zero-order valence-electron chi connectivity index (χ0n) is 17.5. The Morgan fingerprint density at radius 3 is 2.46 bits per heavy atom. The Bertz CT molecular complexity index is 1080. The van der Waals surface area contributed by atoms with Crippen molar-refractivity contribution in [2.24, 2.45) is 0 Å². The van der Waals surface area contributed by atoms with E-state index in [1.54, 1.807) is 0 Å². The Morgan fingerprint density at radius 2 is 1.71 bits per heavy atom. The van der Waals surface area contributed by atoms with Crippen LogP contribution in [0.5, 0.6) is 0 Å². The molecule has 3 heteroatoms. The molecular weight excluding hydrogens is 360 g/mol. The fourth-order valence-electron chi connectivity index (χ4n) is 4.49. The summed E-state index contributed by atoms with van der Waals surface area (Å²) in [6, 6.07) is 17.7. The minimum absolute atomic E-state index is 0.0274. The number of allylic oxidation sites excluding steroid dienone is 1. The first-order valence-corrected chi connectivity index (χ1v) is 10.9. The quantitative estimate of drug-likeness (QED) is 0.453. The number of anilines is 1. The Morgan fingerprint density at radius 1 is 0.964 bits per heavy atom. The second-order valence-corrected chi connectivity index (χ2v) is 9.03. The molecule has 1 aromatic heterocycles. The van der Waals surface area contributed by atoms with E-state index in [0.29, 0.717) is 0 Å². The maximum atomic E-state index is 2.41. The molecule has 0 atom stereocenters. The highest BCUT2D eigenvalue weighted by Crippen LogP contribution is 2.43. The fraction of sp³-hybridized carbons (Fsp3) is 0.320. The summed E-state index contributed by atoms with van der Waals surface area (Å²) in [6.07, 6.45) is 4.59. The van der Waals surface area contributed by atoms with E-state index in [1.807, 2.05) is 11.3 Å². The largest absolute Gasteiger partial charge is 0.364 e. The topological polar surface area (TPSA) is 6.25 Å². The van der Waals surface area contributed by atoms with Gasteiger partial charge in [0.2, 0.25) is 5.69 Å². The lowest BCUT2D eigenvalue weighted by molar-refractivity contribution is -0.401. The van der Waals surface area contributed by atoms with Crippen molar-refractivity contribution in [1.82, 2.24) is 0 Å². The van der Waals surface area contributed by atoms with Crippen LogP contribution in [-0.4, -0.2) is 30.4 Å². The highest BCUT2D eigenvalue weighted by molar-refractivity contribution is 7.16. The average Bonchev–Trinajstić information content (AvgIpc) is 3.23. The number of hydrogen-bond acceptors (Lipinski definition) is 2. The van der Waals surface area contributed by atoms with Crippen LogP contribution in [0.1, 0.15) is 38.1 Å². The minimum atomic E-state index is -0.0274. The van der Waals surface area contributed by atoms with Gasteiger partial charge in [0.15, 0.2) is 5.71 Å². The molecule has 2 aromatic carbocycles. The van der Waals surface area contributed by atoms with Crippen molar-refractivity contribution in [3.63, 3.8) is 0 Å². The van der Waals surface area contributed by atoms with Gasteiger partial charge in [-0.25, -0.2) is 0 Å². The second kappa shape index (κ2) is 7.21. The van der Waals surface area contributed by atoms with Gasteiger partial charge in [-0.2, -0.15) is 4.58 Å². The molecule has 144 valence electrons. The minimum Gasteiger partial charge on any atom is -0.364 e. The number of rotatable bonds is 5. The third-order valence-corrected chi connectivity index (χ3v) is 7.10. The molecule has 0 bridgehead atoms. The van der Waals surface area contributed by atoms with Crippen LogP contribution >= 0.6 is 11.3 Å². The molecule has 3 aromatic rings. The summed E-state index contributed by atoms with van der Waals surface area (Å²) in [5, 5.41) is 4.03. The van der Waals surface area contributed by atoms with Gasteiger partial charge in [-0.15, -0.1) is 11.3 Å². The highest BCUT2D eigenvalue weighted by Gasteiger charge is 2.44. The summed E-state index contributed by atoms with van der Waals surface area (Å²) < 4.78 is 2.36. The van der Waals surface area contributed by atoms with Crippen LogP contribution in [0.15, 0.2) is 54.6 Å². The second-order valence-electron chi connectivity index (χ2n) is 7.93. The summed E-state index contributed by atoms with van der Waals surface area (Å²) in [5.74, 6) is 0. The van der Waals surface area contributed by atoms with Gasteiger partial charge in [-0.05, 0) is 62.7 Å². The molecule has 0 spiro atoms. The SMILES string of the molecule is CCN(CC)c1ccc(C=CC2=[N+](C)c3ccc4ccccc4c3C2(C)C)s1. The van der Waals surface area contributed by atoms with Crippen LogP contribution < -0.4 is 4.90 Å². The van der Waals surface area contributed by atoms with Crippen molar-refractivity contribution < 1.29 is 4.58 Å². The van der Waals surface area contributed by atoms with E-state index in [0.717, 1.165) is 13.1 Å². The molecule has 1 aliphatic rings. The van der Waals surface area contributed by atoms with Crippen molar-refractivity contribution in [1.29, 1.82) is 0 Å². The van der Waals surface area contributed by atoms with E-state index >= 15 is 0 Å². The normalized spacial score (nSPS) is 15.6. The Labute approximate surface area is 172 Å². The third kappa shape index (κ3) is 2.98. The maximum absolute atomic E-state index is 2.41. The third-order valence-electron chi connectivity index (χ3n) is 5.99. The van der Waals surface area contributed by atoms with Gasteiger partial charge in [0.25, 0.3) is 0 Å². The zero-order chi connectivity index (χ0) is 19.9. The molecule has 2 nitrogen and oxygen atoms in total. The molecule has 0 aliphatic carbocycles. The molecule has 2 heterocycles. The van der Waals surface area contributed by atoms with Crippen LogP contribution in [0.25, 0.3) is 16.8 Å². The van der Waals surface area contributed by atoms with Gasteiger partial charge in [-0.1, -0.05) is 24.3 Å². The number of fused-ring (bicyclic) bond motifs is 3. The smallest absolute Gasteiger partial charge is 0.210 e. The van der Waals surface area contributed by atoms with Crippen LogP contribution in [-0.2, 0) is 5.41 Å². The van der Waals surface area contributed by atoms with Crippen molar-refractivity contribution in [3.8, 4) is 0 Å². The molecule has 1 aliphatic heterocycles. The predicted molar refractivity (Wildman–Crippen MR) is 125 cm³/mol. The molecule has 0 unspecified atom stereocenters. The number of benzene rings is 2. The summed E-state index contributed by atoms with van der Waals surface area (Å²) in [4.78, 5) is 3.71. The first-order valence-electron chi connectivity index (χ1n) is 10.1. The van der Waals surface area contributed by atoms with Gasteiger partial charge < -0.3 is 4.90 Å². The summed E-state index contributed by atoms with van der Waals surface area (Å²) in [5.41, 5.74) is 4.07. The molecule has 28 heavy (non-hydrogen) atoms. The molecule has 0 saturated carbocycles. The van der Waals surface area contributed by atoms with Crippen molar-refractivity contribution in [2.45, 2.75) is 33.1 Å². The first kappa shape index (κ1) is 18.9. The van der Waals surface area contributed by atoms with Gasteiger partial charge >= 0.3 is 0 Å². The van der Waals surface area contributed by atoms with Crippen LogP contribution in [0.3, 0.4) is 0 Å². The van der Waals surface area contributed by atoms with Crippen molar-refractivity contribution in [3.05, 3.63) is 65.0 Å². The lowest BCUT2D eigenvalue weighted by Gasteiger charge is -2.18. The van der Waals surface area contributed by atoms with Gasteiger partial charge in [0.1, 0.15) is 7.05 Å². The van der Waals surface area contributed by atoms with Gasteiger partial charge in [-0.3, -0.25) is 0 Å². The Balaban J connectivity index is 1.72. The molecule has 0 N–H and O–H groups in total. The molecule has 0 radical (unpaired) electrons. The Kier molecular flexibility index (Phi) is 4.88. The monoisotopic (exact) mass is 389 g/mol. The first-order chi connectivity index (χ1) is 13.5. The Hall–Kier alpha value is -2.39. The summed E-state index contributed by atoms with van der Waals surface area (Å²) in [6.45, 7) is 11.2.